The van der Waals surface area contributed by atoms with Gasteiger partial charge in [0.2, 0.25) is 0 Å². The molecule has 1 saturated heterocycles. The molecule has 20 heavy (non-hydrogen) atoms. The van der Waals surface area contributed by atoms with E-state index in [-0.39, 0.29) is 6.04 Å². The van der Waals surface area contributed by atoms with Gasteiger partial charge in [0, 0.05) is 6.54 Å². The van der Waals surface area contributed by atoms with E-state index in [2.05, 4.69) is 29.6 Å². The summed E-state index contributed by atoms with van der Waals surface area (Å²) in [4.78, 5) is 0. The van der Waals surface area contributed by atoms with E-state index in [4.69, 9.17) is 9.47 Å². The normalized spacial score (nSPS) is 18.7. The molecule has 104 valence electrons. The topological polar surface area (TPSA) is 30.5 Å². The van der Waals surface area contributed by atoms with E-state index in [0.29, 0.717) is 6.61 Å². The molecule has 1 fully saturated rings. The maximum atomic E-state index is 5.85. The monoisotopic (exact) mass is 269 g/mol. The fraction of sp³-hybridized carbons (Fsp3) is 0.294. The van der Waals surface area contributed by atoms with E-state index >= 15 is 0 Å². The summed E-state index contributed by atoms with van der Waals surface area (Å²) < 4.78 is 11.4. The second kappa shape index (κ2) is 6.55. The summed E-state index contributed by atoms with van der Waals surface area (Å²) in [5.74, 6) is 0.902. The molecule has 1 aliphatic heterocycles. The third kappa shape index (κ3) is 3.38. The molecule has 0 aliphatic carbocycles. The molecule has 0 radical (unpaired) electrons. The van der Waals surface area contributed by atoms with Gasteiger partial charge >= 0.3 is 0 Å². The Morgan fingerprint density at radius 3 is 2.80 bits per heavy atom. The van der Waals surface area contributed by atoms with Crippen molar-refractivity contribution < 1.29 is 9.47 Å². The summed E-state index contributed by atoms with van der Waals surface area (Å²) in [5, 5.41) is 3.46. The van der Waals surface area contributed by atoms with Crippen LogP contribution in [0.25, 0.3) is 0 Å². The van der Waals surface area contributed by atoms with Crippen molar-refractivity contribution >= 4 is 0 Å². The zero-order valence-corrected chi connectivity index (χ0v) is 11.4. The molecular formula is C17H19NO2. The van der Waals surface area contributed by atoms with Crippen LogP contribution in [0.5, 0.6) is 5.75 Å². The van der Waals surface area contributed by atoms with Crippen LogP contribution in [-0.4, -0.2) is 19.8 Å². The Hall–Kier alpha value is -1.84. The number of ether oxygens (including phenoxy) is 2. The van der Waals surface area contributed by atoms with Gasteiger partial charge in [-0.05, 0) is 23.3 Å². The molecule has 0 unspecified atom stereocenters. The van der Waals surface area contributed by atoms with Crippen LogP contribution in [0, 0.1) is 0 Å². The van der Waals surface area contributed by atoms with Crippen molar-refractivity contribution in [3.63, 3.8) is 0 Å². The SMILES string of the molecule is c1ccc(COc2cccc([C@H]3COCCN3)c2)cc1. The zero-order chi connectivity index (χ0) is 13.6. The van der Waals surface area contributed by atoms with Gasteiger partial charge in [0.1, 0.15) is 12.4 Å². The maximum absolute atomic E-state index is 5.85. The van der Waals surface area contributed by atoms with Gasteiger partial charge in [-0.15, -0.1) is 0 Å². The summed E-state index contributed by atoms with van der Waals surface area (Å²) in [7, 11) is 0. The van der Waals surface area contributed by atoms with Crippen molar-refractivity contribution in [1.82, 2.24) is 5.32 Å². The lowest BCUT2D eigenvalue weighted by atomic mass is 10.1. The van der Waals surface area contributed by atoms with Crippen LogP contribution in [0.1, 0.15) is 17.2 Å². The van der Waals surface area contributed by atoms with Gasteiger partial charge in [0.05, 0.1) is 19.3 Å². The largest absolute Gasteiger partial charge is 0.489 e. The van der Waals surface area contributed by atoms with E-state index in [9.17, 15) is 0 Å². The number of hydrogen-bond acceptors (Lipinski definition) is 3. The van der Waals surface area contributed by atoms with E-state index in [1.165, 1.54) is 11.1 Å². The average molecular weight is 269 g/mol. The Morgan fingerprint density at radius 2 is 2.00 bits per heavy atom. The van der Waals surface area contributed by atoms with Crippen LogP contribution < -0.4 is 10.1 Å². The Balaban J connectivity index is 1.65. The summed E-state index contributed by atoms with van der Waals surface area (Å²) in [6, 6.07) is 18.7. The van der Waals surface area contributed by atoms with Crippen LogP contribution in [0.4, 0.5) is 0 Å². The predicted molar refractivity (Wildman–Crippen MR) is 78.8 cm³/mol. The van der Waals surface area contributed by atoms with Crippen molar-refractivity contribution in [2.24, 2.45) is 0 Å². The minimum Gasteiger partial charge on any atom is -0.489 e. The molecule has 2 aromatic carbocycles. The van der Waals surface area contributed by atoms with Gasteiger partial charge in [-0.1, -0.05) is 42.5 Å². The lowest BCUT2D eigenvalue weighted by molar-refractivity contribution is 0.0768. The highest BCUT2D eigenvalue weighted by Crippen LogP contribution is 2.21. The van der Waals surface area contributed by atoms with Crippen molar-refractivity contribution in [1.29, 1.82) is 0 Å². The van der Waals surface area contributed by atoms with E-state index < -0.39 is 0 Å². The molecule has 3 heteroatoms. The van der Waals surface area contributed by atoms with Crippen LogP contribution in [0.3, 0.4) is 0 Å². The van der Waals surface area contributed by atoms with Crippen molar-refractivity contribution in [3.8, 4) is 5.75 Å². The summed E-state index contributed by atoms with van der Waals surface area (Å²) in [6.45, 7) is 3.02. The number of hydrogen-bond donors (Lipinski definition) is 1. The number of rotatable bonds is 4. The zero-order valence-electron chi connectivity index (χ0n) is 11.4. The maximum Gasteiger partial charge on any atom is 0.120 e. The second-order valence-corrected chi connectivity index (χ2v) is 4.93. The second-order valence-electron chi connectivity index (χ2n) is 4.93. The van der Waals surface area contributed by atoms with E-state index in [1.807, 2.05) is 30.3 Å². The molecule has 3 nitrogen and oxygen atoms in total. The molecule has 1 aliphatic rings. The summed E-state index contributed by atoms with van der Waals surface area (Å²) >= 11 is 0. The highest BCUT2D eigenvalue weighted by atomic mass is 16.5. The van der Waals surface area contributed by atoms with Gasteiger partial charge in [0.15, 0.2) is 0 Å². The number of morpholine rings is 1. The van der Waals surface area contributed by atoms with E-state index in [1.54, 1.807) is 0 Å². The highest BCUT2D eigenvalue weighted by Gasteiger charge is 2.15. The smallest absolute Gasteiger partial charge is 0.120 e. The lowest BCUT2D eigenvalue weighted by Gasteiger charge is -2.24. The van der Waals surface area contributed by atoms with Crippen LogP contribution in [-0.2, 0) is 11.3 Å². The third-order valence-corrected chi connectivity index (χ3v) is 3.43. The molecule has 0 saturated carbocycles. The van der Waals surface area contributed by atoms with Crippen LogP contribution in [0.15, 0.2) is 54.6 Å². The molecule has 3 rings (SSSR count). The predicted octanol–water partition coefficient (Wildman–Crippen LogP) is 2.93. The molecule has 0 aromatic heterocycles. The van der Waals surface area contributed by atoms with Crippen molar-refractivity contribution in [3.05, 3.63) is 65.7 Å². The average Bonchev–Trinajstić information content (AvgIpc) is 2.55. The molecule has 1 heterocycles. The number of nitrogens with one attached hydrogen (secondary N) is 1. The summed E-state index contributed by atoms with van der Waals surface area (Å²) in [6.07, 6.45) is 0. The van der Waals surface area contributed by atoms with Crippen LogP contribution in [0.2, 0.25) is 0 Å². The molecule has 0 amide bonds. The Bertz CT molecular complexity index is 536. The first-order valence-electron chi connectivity index (χ1n) is 6.99. The summed E-state index contributed by atoms with van der Waals surface area (Å²) in [5.41, 5.74) is 2.40. The first-order chi connectivity index (χ1) is 9.92. The Morgan fingerprint density at radius 1 is 1.10 bits per heavy atom. The Kier molecular flexibility index (Phi) is 4.31. The molecule has 0 bridgehead atoms. The van der Waals surface area contributed by atoms with Crippen LogP contribution >= 0.6 is 0 Å². The lowest BCUT2D eigenvalue weighted by Crippen LogP contribution is -2.34. The van der Waals surface area contributed by atoms with Gasteiger partial charge in [0.25, 0.3) is 0 Å². The fourth-order valence-corrected chi connectivity index (χ4v) is 2.34. The minimum absolute atomic E-state index is 0.268. The first kappa shape index (κ1) is 13.2. The van der Waals surface area contributed by atoms with Crippen molar-refractivity contribution in [2.45, 2.75) is 12.6 Å². The minimum atomic E-state index is 0.268. The standard InChI is InChI=1S/C17H19NO2/c1-2-5-14(6-3-1)12-20-16-8-4-7-15(11-16)17-13-19-10-9-18-17/h1-8,11,17-18H,9-10,12-13H2/t17-/m1/s1. The van der Waals surface area contributed by atoms with Gasteiger partial charge in [-0.25, -0.2) is 0 Å². The first-order valence-corrected chi connectivity index (χ1v) is 6.99. The quantitative estimate of drug-likeness (QED) is 0.925. The molecule has 0 spiro atoms. The third-order valence-electron chi connectivity index (χ3n) is 3.43. The van der Waals surface area contributed by atoms with Gasteiger partial charge < -0.3 is 14.8 Å². The molecule has 1 N–H and O–H groups in total. The van der Waals surface area contributed by atoms with E-state index in [0.717, 1.165) is 25.5 Å². The molecule has 1 atom stereocenters. The van der Waals surface area contributed by atoms with Gasteiger partial charge in [-0.3, -0.25) is 0 Å². The van der Waals surface area contributed by atoms with Gasteiger partial charge in [-0.2, -0.15) is 0 Å². The Labute approximate surface area is 119 Å². The van der Waals surface area contributed by atoms with Crippen molar-refractivity contribution in [2.75, 3.05) is 19.8 Å². The highest BCUT2D eigenvalue weighted by molar-refractivity contribution is 5.31. The number of benzene rings is 2. The fourth-order valence-electron chi connectivity index (χ4n) is 2.34. The molecule has 2 aromatic rings. The molecular weight excluding hydrogens is 250 g/mol.